The Morgan fingerprint density at radius 2 is 1.68 bits per heavy atom. The highest BCUT2D eigenvalue weighted by atomic mass is 35.5. The van der Waals surface area contributed by atoms with E-state index >= 15 is 0 Å². The van der Waals surface area contributed by atoms with Gasteiger partial charge in [-0.05, 0) is 44.2 Å². The summed E-state index contributed by atoms with van der Waals surface area (Å²) in [7, 11) is 2.14. The minimum atomic E-state index is -0.319. The van der Waals surface area contributed by atoms with Gasteiger partial charge in [-0.15, -0.1) is 0 Å². The second kappa shape index (κ2) is 8.32. The number of benzene rings is 1. The first kappa shape index (κ1) is 19.0. The number of aromatic nitrogens is 2. The first-order chi connectivity index (χ1) is 13.6. The van der Waals surface area contributed by atoms with Crippen molar-refractivity contribution in [3.05, 3.63) is 41.2 Å². The maximum Gasteiger partial charge on any atom is 0.276 e. The number of amides is 1. The van der Waals surface area contributed by atoms with Crippen molar-refractivity contribution in [2.45, 2.75) is 12.8 Å². The Kier molecular flexibility index (Phi) is 5.64. The Labute approximate surface area is 170 Å². The van der Waals surface area contributed by atoms with Crippen LogP contribution in [0, 0.1) is 0 Å². The van der Waals surface area contributed by atoms with E-state index < -0.39 is 0 Å². The van der Waals surface area contributed by atoms with E-state index in [0.717, 1.165) is 57.8 Å². The van der Waals surface area contributed by atoms with Crippen LogP contribution in [-0.4, -0.2) is 67.1 Å². The number of hydrogen-bond donors (Lipinski definition) is 1. The molecule has 2 saturated heterocycles. The molecule has 0 saturated carbocycles. The summed E-state index contributed by atoms with van der Waals surface area (Å²) in [5.74, 6) is 0.248. The molecule has 148 valence electrons. The number of piperazine rings is 1. The van der Waals surface area contributed by atoms with Crippen molar-refractivity contribution in [3.8, 4) is 0 Å². The second-order valence-electron chi connectivity index (χ2n) is 7.35. The molecule has 8 heteroatoms. The molecule has 2 aromatic rings. The lowest BCUT2D eigenvalue weighted by atomic mass is 10.2. The van der Waals surface area contributed by atoms with Gasteiger partial charge in [-0.3, -0.25) is 4.79 Å². The topological polar surface area (TPSA) is 64.6 Å². The van der Waals surface area contributed by atoms with Crippen molar-refractivity contribution in [3.63, 3.8) is 0 Å². The molecule has 4 rings (SSSR count). The lowest BCUT2D eigenvalue weighted by molar-refractivity contribution is 0.102. The van der Waals surface area contributed by atoms with Crippen LogP contribution in [-0.2, 0) is 0 Å². The minimum Gasteiger partial charge on any atom is -0.369 e. The molecule has 0 unspecified atom stereocenters. The SMILES string of the molecule is CN1CCN(c2ccc(NC(=O)c3nc(N4CCCC4)ncc3Cl)cc2)CC1. The molecular formula is C20H25ClN6O. The van der Waals surface area contributed by atoms with Crippen LogP contribution in [0.25, 0.3) is 0 Å². The summed E-state index contributed by atoms with van der Waals surface area (Å²) in [6, 6.07) is 7.92. The standard InChI is InChI=1S/C20H25ClN6O/c1-25-10-12-26(13-11-25)16-6-4-15(5-7-16)23-19(28)18-17(21)14-22-20(24-18)27-8-2-3-9-27/h4-7,14H,2-3,8-13H2,1H3,(H,23,28). The van der Waals surface area contributed by atoms with Gasteiger partial charge in [0.25, 0.3) is 5.91 Å². The molecule has 0 spiro atoms. The summed E-state index contributed by atoms with van der Waals surface area (Å²) in [5, 5.41) is 3.15. The average molecular weight is 401 g/mol. The van der Waals surface area contributed by atoms with Gasteiger partial charge in [0.15, 0.2) is 5.69 Å². The molecule has 0 bridgehead atoms. The molecule has 3 heterocycles. The third kappa shape index (κ3) is 4.20. The number of halogens is 1. The van der Waals surface area contributed by atoms with E-state index in [1.807, 2.05) is 24.3 Å². The monoisotopic (exact) mass is 400 g/mol. The maximum atomic E-state index is 12.7. The molecular weight excluding hydrogens is 376 g/mol. The van der Waals surface area contributed by atoms with E-state index in [2.05, 4.69) is 37.0 Å². The lowest BCUT2D eigenvalue weighted by Gasteiger charge is -2.34. The first-order valence-corrected chi connectivity index (χ1v) is 10.1. The number of hydrogen-bond acceptors (Lipinski definition) is 6. The van der Waals surface area contributed by atoms with Gasteiger partial charge in [0.2, 0.25) is 5.95 Å². The Morgan fingerprint density at radius 1 is 1.00 bits per heavy atom. The van der Waals surface area contributed by atoms with Crippen LogP contribution in [0.5, 0.6) is 0 Å². The van der Waals surface area contributed by atoms with Gasteiger partial charge >= 0.3 is 0 Å². The maximum absolute atomic E-state index is 12.7. The fourth-order valence-corrected chi connectivity index (χ4v) is 3.77. The molecule has 0 atom stereocenters. The number of rotatable bonds is 4. The van der Waals surface area contributed by atoms with Gasteiger partial charge in [-0.1, -0.05) is 11.6 Å². The molecule has 1 amide bonds. The van der Waals surface area contributed by atoms with Crippen molar-refractivity contribution >= 4 is 34.8 Å². The van der Waals surface area contributed by atoms with Crippen molar-refractivity contribution in [1.82, 2.24) is 14.9 Å². The highest BCUT2D eigenvalue weighted by Gasteiger charge is 2.20. The molecule has 2 aliphatic rings. The van der Waals surface area contributed by atoms with Gasteiger partial charge in [0.1, 0.15) is 0 Å². The van der Waals surface area contributed by atoms with Crippen LogP contribution in [0.1, 0.15) is 23.3 Å². The van der Waals surface area contributed by atoms with E-state index in [1.165, 1.54) is 11.9 Å². The van der Waals surface area contributed by atoms with E-state index in [0.29, 0.717) is 5.95 Å². The van der Waals surface area contributed by atoms with Crippen LogP contribution >= 0.6 is 11.6 Å². The third-order valence-electron chi connectivity index (χ3n) is 5.33. The number of carbonyl (C=O) groups excluding carboxylic acids is 1. The van der Waals surface area contributed by atoms with Crippen LogP contribution < -0.4 is 15.1 Å². The summed E-state index contributed by atoms with van der Waals surface area (Å²) >= 11 is 6.19. The predicted octanol–water partition coefficient (Wildman–Crippen LogP) is 2.73. The molecule has 1 aromatic heterocycles. The smallest absolute Gasteiger partial charge is 0.276 e. The average Bonchev–Trinajstić information content (AvgIpc) is 3.24. The van der Waals surface area contributed by atoms with E-state index in [4.69, 9.17) is 11.6 Å². The lowest BCUT2D eigenvalue weighted by Crippen LogP contribution is -2.44. The first-order valence-electron chi connectivity index (χ1n) is 9.72. The highest BCUT2D eigenvalue weighted by molar-refractivity contribution is 6.34. The van der Waals surface area contributed by atoms with Crippen LogP contribution in [0.3, 0.4) is 0 Å². The molecule has 7 nitrogen and oxygen atoms in total. The molecule has 1 aromatic carbocycles. The Hall–Kier alpha value is -2.38. The fraction of sp³-hybridized carbons (Fsp3) is 0.450. The second-order valence-corrected chi connectivity index (χ2v) is 7.76. The van der Waals surface area contributed by atoms with Crippen molar-refractivity contribution < 1.29 is 4.79 Å². The summed E-state index contributed by atoms with van der Waals surface area (Å²) in [4.78, 5) is 28.1. The van der Waals surface area contributed by atoms with Crippen molar-refractivity contribution in [2.24, 2.45) is 0 Å². The normalized spacial score (nSPS) is 17.8. The zero-order valence-corrected chi connectivity index (χ0v) is 16.8. The number of nitrogens with one attached hydrogen (secondary N) is 1. The summed E-state index contributed by atoms with van der Waals surface area (Å²) in [5.41, 5.74) is 2.10. The molecule has 2 fully saturated rings. The van der Waals surface area contributed by atoms with Gasteiger partial charge in [0, 0.05) is 50.6 Å². The van der Waals surface area contributed by atoms with E-state index in [-0.39, 0.29) is 16.6 Å². The van der Waals surface area contributed by atoms with Gasteiger partial charge in [0.05, 0.1) is 11.2 Å². The Bertz CT molecular complexity index is 829. The molecule has 2 aliphatic heterocycles. The quantitative estimate of drug-likeness (QED) is 0.851. The molecule has 0 aliphatic carbocycles. The number of anilines is 3. The minimum absolute atomic E-state index is 0.210. The third-order valence-corrected chi connectivity index (χ3v) is 5.61. The zero-order valence-electron chi connectivity index (χ0n) is 16.1. The summed E-state index contributed by atoms with van der Waals surface area (Å²) < 4.78 is 0. The molecule has 28 heavy (non-hydrogen) atoms. The van der Waals surface area contributed by atoms with Crippen molar-refractivity contribution in [2.75, 3.05) is 61.4 Å². The molecule has 1 N–H and O–H groups in total. The largest absolute Gasteiger partial charge is 0.369 e. The summed E-state index contributed by atoms with van der Waals surface area (Å²) in [6.45, 7) is 5.97. The van der Waals surface area contributed by atoms with Gasteiger partial charge < -0.3 is 20.0 Å². The Morgan fingerprint density at radius 3 is 2.36 bits per heavy atom. The summed E-state index contributed by atoms with van der Waals surface area (Å²) in [6.07, 6.45) is 3.74. The van der Waals surface area contributed by atoms with Gasteiger partial charge in [-0.25, -0.2) is 9.97 Å². The van der Waals surface area contributed by atoms with Crippen LogP contribution in [0.15, 0.2) is 30.5 Å². The fourth-order valence-electron chi connectivity index (χ4n) is 3.60. The highest BCUT2D eigenvalue weighted by Crippen LogP contribution is 2.22. The molecule has 0 radical (unpaired) electrons. The number of carbonyl (C=O) groups is 1. The zero-order chi connectivity index (χ0) is 19.5. The Balaban J connectivity index is 1.44. The van der Waals surface area contributed by atoms with Crippen molar-refractivity contribution in [1.29, 1.82) is 0 Å². The van der Waals surface area contributed by atoms with Gasteiger partial charge in [-0.2, -0.15) is 0 Å². The van der Waals surface area contributed by atoms with E-state index in [9.17, 15) is 4.79 Å². The van der Waals surface area contributed by atoms with E-state index in [1.54, 1.807) is 0 Å². The number of likely N-dealkylation sites (N-methyl/N-ethyl adjacent to an activating group) is 1. The number of nitrogens with zero attached hydrogens (tertiary/aromatic N) is 5. The predicted molar refractivity (Wildman–Crippen MR) is 113 cm³/mol. The van der Waals surface area contributed by atoms with Crippen LogP contribution in [0.2, 0.25) is 5.02 Å². The van der Waals surface area contributed by atoms with Crippen LogP contribution in [0.4, 0.5) is 17.3 Å².